The lowest BCUT2D eigenvalue weighted by molar-refractivity contribution is -0.137. The van der Waals surface area contributed by atoms with Gasteiger partial charge in [0, 0.05) is 24.7 Å². The lowest BCUT2D eigenvalue weighted by atomic mass is 9.94. The number of rotatable bonds is 9. The van der Waals surface area contributed by atoms with Gasteiger partial charge in [-0.25, -0.2) is 9.99 Å². The van der Waals surface area contributed by atoms with Crippen molar-refractivity contribution in [1.82, 2.24) is 9.99 Å². The fourth-order valence-electron chi connectivity index (χ4n) is 3.17. The fraction of sp³-hybridized carbons (Fsp3) is 0.292. The Morgan fingerprint density at radius 1 is 1.24 bits per heavy atom. The van der Waals surface area contributed by atoms with E-state index in [9.17, 15) is 22.4 Å². The van der Waals surface area contributed by atoms with Gasteiger partial charge in [-0.1, -0.05) is 33.8 Å². The highest BCUT2D eigenvalue weighted by Crippen LogP contribution is 2.32. The lowest BCUT2D eigenvalue weighted by Crippen LogP contribution is -2.19. The SMILES string of the molecule is C=CN(/C=C(\C(N)=O)c1ccnc(F)c1)/N=C(/c1cc(CCC)cc(C(F)(F)F)c1)C(C)C. The fourth-order valence-corrected chi connectivity index (χ4v) is 3.17. The van der Waals surface area contributed by atoms with Crippen LogP contribution in [0, 0.1) is 11.9 Å². The van der Waals surface area contributed by atoms with Gasteiger partial charge in [0.05, 0.1) is 16.8 Å². The molecule has 0 aliphatic rings. The van der Waals surface area contributed by atoms with Crippen molar-refractivity contribution in [2.75, 3.05) is 0 Å². The van der Waals surface area contributed by atoms with Crippen molar-refractivity contribution < 1.29 is 22.4 Å². The van der Waals surface area contributed by atoms with Gasteiger partial charge in [-0.15, -0.1) is 0 Å². The third kappa shape index (κ3) is 7.00. The Kier molecular flexibility index (Phi) is 8.50. The molecule has 0 aliphatic heterocycles. The zero-order valence-electron chi connectivity index (χ0n) is 18.7. The number of alkyl halides is 3. The van der Waals surface area contributed by atoms with Crippen molar-refractivity contribution in [2.45, 2.75) is 39.8 Å². The molecule has 2 N–H and O–H groups in total. The van der Waals surface area contributed by atoms with Crippen molar-refractivity contribution in [2.24, 2.45) is 16.8 Å². The van der Waals surface area contributed by atoms with Crippen LogP contribution in [0.25, 0.3) is 5.57 Å². The van der Waals surface area contributed by atoms with Crippen LogP contribution in [0.3, 0.4) is 0 Å². The number of hydrogen-bond acceptors (Lipinski definition) is 4. The molecule has 176 valence electrons. The summed E-state index contributed by atoms with van der Waals surface area (Å²) in [5.74, 6) is -1.92. The van der Waals surface area contributed by atoms with E-state index in [1.54, 1.807) is 19.9 Å². The summed E-state index contributed by atoms with van der Waals surface area (Å²) in [6.07, 6.45) is 0.341. The number of hydrazone groups is 1. The molecule has 5 nitrogen and oxygen atoms in total. The van der Waals surface area contributed by atoms with Gasteiger partial charge < -0.3 is 5.73 Å². The molecule has 1 heterocycles. The van der Waals surface area contributed by atoms with Crippen molar-refractivity contribution in [1.29, 1.82) is 0 Å². The highest BCUT2D eigenvalue weighted by atomic mass is 19.4. The lowest BCUT2D eigenvalue weighted by Gasteiger charge is -2.19. The van der Waals surface area contributed by atoms with Crippen molar-refractivity contribution in [3.05, 3.63) is 83.7 Å². The van der Waals surface area contributed by atoms with Gasteiger partial charge in [0.25, 0.3) is 5.91 Å². The van der Waals surface area contributed by atoms with Gasteiger partial charge in [0.2, 0.25) is 5.95 Å². The molecule has 0 fully saturated rings. The summed E-state index contributed by atoms with van der Waals surface area (Å²) in [5, 5.41) is 5.60. The minimum Gasteiger partial charge on any atom is -0.366 e. The van der Waals surface area contributed by atoms with Crippen molar-refractivity contribution in [3.8, 4) is 0 Å². The number of aryl methyl sites for hydroxylation is 1. The summed E-state index contributed by atoms with van der Waals surface area (Å²) < 4.78 is 54.0. The molecule has 0 saturated carbocycles. The predicted octanol–water partition coefficient (Wildman–Crippen LogP) is 5.52. The monoisotopic (exact) mass is 462 g/mol. The zero-order chi connectivity index (χ0) is 24.8. The maximum atomic E-state index is 13.5. The first kappa shape index (κ1) is 25.8. The quantitative estimate of drug-likeness (QED) is 0.175. The Labute approximate surface area is 190 Å². The van der Waals surface area contributed by atoms with Crippen LogP contribution in [-0.4, -0.2) is 21.6 Å². The summed E-state index contributed by atoms with van der Waals surface area (Å²) in [6.45, 7) is 9.11. The number of halogens is 4. The average molecular weight is 462 g/mol. The number of pyridine rings is 1. The molecule has 9 heteroatoms. The molecule has 33 heavy (non-hydrogen) atoms. The molecule has 2 rings (SSSR count). The van der Waals surface area contributed by atoms with E-state index >= 15 is 0 Å². The van der Waals surface area contributed by atoms with E-state index in [0.717, 1.165) is 18.2 Å². The summed E-state index contributed by atoms with van der Waals surface area (Å²) in [5.41, 5.74) is 6.00. The maximum absolute atomic E-state index is 13.5. The number of carbonyl (C=O) groups is 1. The first-order chi connectivity index (χ1) is 15.5. The van der Waals surface area contributed by atoms with E-state index in [1.165, 1.54) is 29.7 Å². The first-order valence-electron chi connectivity index (χ1n) is 10.3. The van der Waals surface area contributed by atoms with Gasteiger partial charge in [0.1, 0.15) is 0 Å². The molecule has 0 atom stereocenters. The second-order valence-corrected chi connectivity index (χ2v) is 7.64. The second-order valence-electron chi connectivity index (χ2n) is 7.64. The van der Waals surface area contributed by atoms with Gasteiger partial charge in [-0.2, -0.15) is 22.7 Å². The van der Waals surface area contributed by atoms with E-state index in [-0.39, 0.29) is 17.1 Å². The molecule has 0 radical (unpaired) electrons. The number of amides is 1. The molecule has 0 aliphatic carbocycles. The van der Waals surface area contributed by atoms with E-state index < -0.39 is 23.6 Å². The summed E-state index contributed by atoms with van der Waals surface area (Å²) in [4.78, 5) is 15.4. The van der Waals surface area contributed by atoms with Gasteiger partial charge >= 0.3 is 6.18 Å². The van der Waals surface area contributed by atoms with Crippen molar-refractivity contribution in [3.63, 3.8) is 0 Å². The highest BCUT2D eigenvalue weighted by Gasteiger charge is 2.31. The maximum Gasteiger partial charge on any atom is 0.416 e. The largest absolute Gasteiger partial charge is 0.416 e. The number of primary amides is 1. The summed E-state index contributed by atoms with van der Waals surface area (Å²) in [7, 11) is 0. The molecule has 1 aromatic heterocycles. The van der Waals surface area contributed by atoms with Crippen molar-refractivity contribution >= 4 is 17.2 Å². The van der Waals surface area contributed by atoms with Crippen LogP contribution in [-0.2, 0) is 17.4 Å². The molecule has 0 bridgehead atoms. The van der Waals surface area contributed by atoms with E-state index in [4.69, 9.17) is 5.73 Å². The van der Waals surface area contributed by atoms with Gasteiger partial charge in [0.15, 0.2) is 0 Å². The normalized spacial score (nSPS) is 12.7. The Bertz CT molecular complexity index is 1070. The standard InChI is InChI=1S/C24H26F4N4O/c1-5-7-16-10-18(12-19(11-16)24(26,27)28)22(15(3)4)31-32(6-2)14-20(23(29)33)17-8-9-30-21(25)13-17/h6,8-15H,2,5,7H2,1,3-4H3,(H2,29,33)/b20-14-,31-22+. The molecule has 1 aromatic carbocycles. The average Bonchev–Trinajstić information content (AvgIpc) is 2.72. The van der Waals surface area contributed by atoms with Crippen LogP contribution in [0.4, 0.5) is 17.6 Å². The Morgan fingerprint density at radius 3 is 2.45 bits per heavy atom. The van der Waals surface area contributed by atoms with Gasteiger partial charge in [-0.05, 0) is 53.3 Å². The second kappa shape index (κ2) is 10.9. The Balaban J connectivity index is 2.63. The third-order valence-corrected chi connectivity index (χ3v) is 4.68. The first-order valence-corrected chi connectivity index (χ1v) is 10.3. The van der Waals surface area contributed by atoms with Crippen LogP contribution in [0.1, 0.15) is 49.4 Å². The molecular formula is C24H26F4N4O. The number of nitrogens with two attached hydrogens (primary N) is 1. The number of carbonyl (C=O) groups excluding carboxylic acids is 1. The minimum atomic E-state index is -4.51. The van der Waals surface area contributed by atoms with Gasteiger partial charge in [-0.3, -0.25) is 4.79 Å². The van der Waals surface area contributed by atoms with E-state index in [1.807, 2.05) is 6.92 Å². The Hall–Kier alpha value is -3.49. The number of hydrogen-bond donors (Lipinski definition) is 1. The Morgan fingerprint density at radius 2 is 1.94 bits per heavy atom. The minimum absolute atomic E-state index is 0.0706. The summed E-state index contributed by atoms with van der Waals surface area (Å²) in [6, 6.07) is 6.30. The summed E-state index contributed by atoms with van der Waals surface area (Å²) >= 11 is 0. The molecule has 0 saturated heterocycles. The smallest absolute Gasteiger partial charge is 0.366 e. The van der Waals surface area contributed by atoms with Crippen LogP contribution in [0.15, 0.2) is 60.6 Å². The van der Waals surface area contributed by atoms with Crippen LogP contribution in [0.5, 0.6) is 0 Å². The number of aromatic nitrogens is 1. The third-order valence-electron chi connectivity index (χ3n) is 4.68. The molecule has 2 aromatic rings. The van der Waals surface area contributed by atoms with Crippen LogP contribution < -0.4 is 5.73 Å². The molecule has 0 spiro atoms. The highest BCUT2D eigenvalue weighted by molar-refractivity contribution is 6.18. The molecule has 0 unspecified atom stereocenters. The number of benzene rings is 1. The van der Waals surface area contributed by atoms with E-state index in [0.29, 0.717) is 29.7 Å². The van der Waals surface area contributed by atoms with Crippen LogP contribution >= 0.6 is 0 Å². The predicted molar refractivity (Wildman–Crippen MR) is 120 cm³/mol. The van der Waals surface area contributed by atoms with Crippen LogP contribution in [0.2, 0.25) is 0 Å². The number of nitrogens with zero attached hydrogens (tertiary/aromatic N) is 3. The zero-order valence-corrected chi connectivity index (χ0v) is 18.7. The van der Waals surface area contributed by atoms with E-state index in [2.05, 4.69) is 16.7 Å². The molecular weight excluding hydrogens is 436 g/mol. The molecule has 1 amide bonds. The topological polar surface area (TPSA) is 71.6 Å².